The highest BCUT2D eigenvalue weighted by molar-refractivity contribution is 7.15. The Morgan fingerprint density at radius 2 is 1.88 bits per heavy atom. The monoisotopic (exact) mass is 339 g/mol. The van der Waals surface area contributed by atoms with Gasteiger partial charge in [-0.05, 0) is 51.0 Å². The fraction of sp³-hybridized carbons (Fsp3) is 0.278. The summed E-state index contributed by atoms with van der Waals surface area (Å²) in [6.07, 6.45) is 1.56. The Labute approximate surface area is 145 Å². The molecule has 0 radical (unpaired) electrons. The maximum Gasteiger partial charge on any atom is 0.341 e. The van der Waals surface area contributed by atoms with E-state index in [1.807, 2.05) is 50.5 Å². The predicted octanol–water partition coefficient (Wildman–Crippen LogP) is 3.99. The van der Waals surface area contributed by atoms with Gasteiger partial charge in [0.05, 0.1) is 12.7 Å². The van der Waals surface area contributed by atoms with Crippen LogP contribution < -0.4 is 0 Å². The van der Waals surface area contributed by atoms with E-state index in [0.717, 1.165) is 32.4 Å². The molecule has 0 aliphatic carbocycles. The van der Waals surface area contributed by atoms with Crippen LogP contribution in [-0.2, 0) is 4.74 Å². The first-order valence-corrected chi connectivity index (χ1v) is 8.06. The van der Waals surface area contributed by atoms with Crippen LogP contribution in [0, 0.1) is 50.4 Å². The summed E-state index contributed by atoms with van der Waals surface area (Å²) in [6, 6.07) is 5.63. The van der Waals surface area contributed by atoms with E-state index in [4.69, 9.17) is 15.3 Å². The largest absolute Gasteiger partial charge is 0.465 e. The summed E-state index contributed by atoms with van der Waals surface area (Å²) in [5.74, 6) is -0.369. The third kappa shape index (κ3) is 2.84. The molecular weight excluding hydrogens is 322 g/mol. The van der Waals surface area contributed by atoms with Gasteiger partial charge in [-0.15, -0.1) is 11.3 Å². The Kier molecular flexibility index (Phi) is 4.92. The quantitative estimate of drug-likeness (QED) is 0.625. The summed E-state index contributed by atoms with van der Waals surface area (Å²) < 4.78 is 6.90. The average molecular weight is 339 g/mol. The molecule has 0 aliphatic rings. The summed E-state index contributed by atoms with van der Waals surface area (Å²) in [5, 5.41) is 18.7. The fourth-order valence-corrected chi connectivity index (χ4v) is 3.86. The van der Waals surface area contributed by atoms with Gasteiger partial charge in [-0.3, -0.25) is 0 Å². The molecule has 2 rings (SSSR count). The number of carbonyl (C=O) groups is 1. The minimum atomic E-state index is -0.369. The molecule has 0 atom stereocenters. The third-order valence-electron chi connectivity index (χ3n) is 3.97. The summed E-state index contributed by atoms with van der Waals surface area (Å²) >= 11 is 1.52. The molecule has 0 saturated heterocycles. The second kappa shape index (κ2) is 6.74. The molecule has 0 bridgehead atoms. The topological polar surface area (TPSA) is 78.8 Å². The van der Waals surface area contributed by atoms with Crippen molar-refractivity contribution in [3.8, 4) is 17.1 Å². The van der Waals surface area contributed by atoms with Crippen LogP contribution in [0.15, 0.2) is 11.6 Å². The zero-order chi connectivity index (χ0) is 18.0. The lowest BCUT2D eigenvalue weighted by molar-refractivity contribution is 0.0600. The van der Waals surface area contributed by atoms with Crippen molar-refractivity contribution in [2.75, 3.05) is 7.11 Å². The number of ether oxygens (including phenoxy) is 1. The van der Waals surface area contributed by atoms with Crippen molar-refractivity contribution < 1.29 is 9.53 Å². The van der Waals surface area contributed by atoms with Crippen LogP contribution in [0.2, 0.25) is 0 Å². The first-order valence-electron chi connectivity index (χ1n) is 7.25. The van der Waals surface area contributed by atoms with E-state index in [2.05, 4.69) is 0 Å². The van der Waals surface area contributed by atoms with Gasteiger partial charge in [0.2, 0.25) is 0 Å². The number of aromatic nitrogens is 1. The zero-order valence-corrected chi connectivity index (χ0v) is 15.0. The lowest BCUT2D eigenvalue weighted by Crippen LogP contribution is -2.08. The normalized spacial score (nSPS) is 9.96. The molecule has 0 spiro atoms. The van der Waals surface area contributed by atoms with Gasteiger partial charge in [-0.2, -0.15) is 10.5 Å². The van der Waals surface area contributed by atoms with E-state index in [1.165, 1.54) is 18.4 Å². The first kappa shape index (κ1) is 17.5. The number of aryl methyl sites for hydroxylation is 2. The highest BCUT2D eigenvalue weighted by atomic mass is 32.1. The van der Waals surface area contributed by atoms with Gasteiger partial charge in [-0.1, -0.05) is 0 Å². The Morgan fingerprint density at radius 3 is 2.42 bits per heavy atom. The molecule has 5 nitrogen and oxygen atoms in total. The Hall–Kier alpha value is -2.83. The van der Waals surface area contributed by atoms with Crippen molar-refractivity contribution in [1.29, 1.82) is 10.5 Å². The summed E-state index contributed by atoms with van der Waals surface area (Å²) in [7, 11) is 1.37. The van der Waals surface area contributed by atoms with E-state index in [1.54, 1.807) is 6.08 Å². The first-order chi connectivity index (χ1) is 11.3. The molecule has 2 heterocycles. The lowest BCUT2D eigenvalue weighted by Gasteiger charge is -2.10. The molecule has 0 fully saturated rings. The number of carbonyl (C=O) groups excluding carboxylic acids is 1. The smallest absolute Gasteiger partial charge is 0.341 e. The SMILES string of the molecule is COC(=O)c1c(-n2c(C)cc(C=C(C#N)C#N)c2C)sc(C)c1C. The molecule has 0 saturated carbocycles. The van der Waals surface area contributed by atoms with Gasteiger partial charge in [0, 0.05) is 16.3 Å². The van der Waals surface area contributed by atoms with Crippen molar-refractivity contribution in [3.05, 3.63) is 44.6 Å². The van der Waals surface area contributed by atoms with Gasteiger partial charge in [0.25, 0.3) is 0 Å². The van der Waals surface area contributed by atoms with E-state index >= 15 is 0 Å². The van der Waals surface area contributed by atoms with Gasteiger partial charge in [-0.25, -0.2) is 4.79 Å². The standard InChI is InChI=1S/C18H17N3O2S/c1-10-6-15(7-14(8-19)9-20)12(3)21(10)17-16(18(22)23-5)11(2)13(4)24-17/h6-7H,1-5H3. The highest BCUT2D eigenvalue weighted by Crippen LogP contribution is 2.34. The molecule has 2 aromatic heterocycles. The number of hydrogen-bond acceptors (Lipinski definition) is 5. The van der Waals surface area contributed by atoms with E-state index in [9.17, 15) is 4.79 Å². The van der Waals surface area contributed by atoms with Crippen LogP contribution in [0.25, 0.3) is 11.1 Å². The summed E-state index contributed by atoms with van der Waals surface area (Å²) in [4.78, 5) is 13.3. The van der Waals surface area contributed by atoms with E-state index in [-0.39, 0.29) is 11.5 Å². The van der Waals surface area contributed by atoms with Crippen molar-refractivity contribution in [2.24, 2.45) is 0 Å². The molecule has 0 amide bonds. The molecule has 0 aliphatic heterocycles. The van der Waals surface area contributed by atoms with Crippen molar-refractivity contribution in [1.82, 2.24) is 4.57 Å². The van der Waals surface area contributed by atoms with E-state index < -0.39 is 0 Å². The molecule has 0 unspecified atom stereocenters. The van der Waals surface area contributed by atoms with Gasteiger partial charge < -0.3 is 9.30 Å². The average Bonchev–Trinajstić information content (AvgIpc) is 3.00. The Bertz CT molecular complexity index is 917. The van der Waals surface area contributed by atoms with Gasteiger partial charge >= 0.3 is 5.97 Å². The second-order valence-electron chi connectivity index (χ2n) is 5.40. The molecule has 122 valence electrons. The lowest BCUT2D eigenvalue weighted by atomic mass is 10.1. The van der Waals surface area contributed by atoms with Crippen LogP contribution in [0.4, 0.5) is 0 Å². The van der Waals surface area contributed by atoms with Crippen LogP contribution in [-0.4, -0.2) is 17.6 Å². The molecule has 2 aromatic rings. The molecule has 0 aromatic carbocycles. The number of rotatable bonds is 3. The third-order valence-corrected chi connectivity index (χ3v) is 5.16. The van der Waals surface area contributed by atoms with Crippen LogP contribution >= 0.6 is 11.3 Å². The van der Waals surface area contributed by atoms with Crippen molar-refractivity contribution in [2.45, 2.75) is 27.7 Å². The number of esters is 1. The highest BCUT2D eigenvalue weighted by Gasteiger charge is 2.23. The Balaban J connectivity index is 2.73. The number of nitriles is 2. The fourth-order valence-electron chi connectivity index (χ4n) is 2.60. The van der Waals surface area contributed by atoms with E-state index in [0.29, 0.717) is 5.56 Å². The van der Waals surface area contributed by atoms with Gasteiger partial charge in [0.15, 0.2) is 0 Å². The van der Waals surface area contributed by atoms with Crippen molar-refractivity contribution >= 4 is 23.4 Å². The molecule has 24 heavy (non-hydrogen) atoms. The number of nitrogens with zero attached hydrogens (tertiary/aromatic N) is 3. The minimum Gasteiger partial charge on any atom is -0.465 e. The van der Waals surface area contributed by atoms with Crippen LogP contribution in [0.1, 0.15) is 37.7 Å². The molecular formula is C18H17N3O2S. The van der Waals surface area contributed by atoms with Crippen LogP contribution in [0.5, 0.6) is 0 Å². The number of hydrogen-bond donors (Lipinski definition) is 0. The van der Waals surface area contributed by atoms with Gasteiger partial charge in [0.1, 0.15) is 22.7 Å². The summed E-state index contributed by atoms with van der Waals surface area (Å²) in [6.45, 7) is 7.69. The zero-order valence-electron chi connectivity index (χ0n) is 14.2. The maximum atomic E-state index is 12.2. The molecule has 0 N–H and O–H groups in total. The summed E-state index contributed by atoms with van der Waals surface area (Å²) in [5.41, 5.74) is 4.06. The minimum absolute atomic E-state index is 0.0435. The van der Waals surface area contributed by atoms with Crippen molar-refractivity contribution in [3.63, 3.8) is 0 Å². The number of thiophene rings is 1. The second-order valence-corrected chi connectivity index (χ2v) is 6.60. The number of allylic oxidation sites excluding steroid dienone is 1. The number of methoxy groups -OCH3 is 1. The Morgan fingerprint density at radius 1 is 1.25 bits per heavy atom. The maximum absolute atomic E-state index is 12.2. The molecule has 6 heteroatoms. The predicted molar refractivity (Wildman–Crippen MR) is 93.1 cm³/mol. The van der Waals surface area contributed by atoms with Crippen LogP contribution in [0.3, 0.4) is 0 Å².